The van der Waals surface area contributed by atoms with Crippen LogP contribution in [0.25, 0.3) is 0 Å². The summed E-state index contributed by atoms with van der Waals surface area (Å²) in [5.74, 6) is -1.53. The van der Waals surface area contributed by atoms with E-state index >= 15 is 0 Å². The average Bonchev–Trinajstić information content (AvgIpc) is 2.39. The molecule has 0 atom stereocenters. The summed E-state index contributed by atoms with van der Waals surface area (Å²) in [5.41, 5.74) is -1.54. The third-order valence-corrected chi connectivity index (χ3v) is 2.68. The van der Waals surface area contributed by atoms with E-state index in [4.69, 9.17) is 0 Å². The van der Waals surface area contributed by atoms with E-state index in [2.05, 4.69) is 0 Å². The molecular formula is C14H11O3-. The molecule has 0 unspecified atom stereocenters. The Bertz CT molecular complexity index is 466. The second kappa shape index (κ2) is 4.39. The van der Waals surface area contributed by atoms with Crippen LogP contribution in [0.5, 0.6) is 0 Å². The Labute approximate surface area is 99.0 Å². The fourth-order valence-corrected chi connectivity index (χ4v) is 1.76. The van der Waals surface area contributed by atoms with Gasteiger partial charge in [0.25, 0.3) is 0 Å². The van der Waals surface area contributed by atoms with Gasteiger partial charge in [0.2, 0.25) is 0 Å². The van der Waals surface area contributed by atoms with Crippen LogP contribution in [0.2, 0.25) is 0 Å². The van der Waals surface area contributed by atoms with Crippen molar-refractivity contribution in [3.63, 3.8) is 0 Å². The fourth-order valence-electron chi connectivity index (χ4n) is 1.76. The molecule has 0 aliphatic rings. The molecule has 0 amide bonds. The first kappa shape index (κ1) is 11.4. The number of rotatable bonds is 3. The van der Waals surface area contributed by atoms with Crippen molar-refractivity contribution >= 4 is 5.97 Å². The molecule has 0 aliphatic carbocycles. The van der Waals surface area contributed by atoms with Crippen LogP contribution >= 0.6 is 0 Å². The minimum atomic E-state index is -2.11. The van der Waals surface area contributed by atoms with E-state index in [9.17, 15) is 15.0 Å². The first-order valence-electron chi connectivity index (χ1n) is 5.20. The number of benzene rings is 2. The van der Waals surface area contributed by atoms with E-state index in [-0.39, 0.29) is 11.1 Å². The lowest BCUT2D eigenvalue weighted by molar-refractivity contribution is -0.322. The molecule has 1 N–H and O–H groups in total. The van der Waals surface area contributed by atoms with Gasteiger partial charge in [-0.05, 0) is 11.1 Å². The largest absolute Gasteiger partial charge is 0.546 e. The maximum atomic E-state index is 11.3. The highest BCUT2D eigenvalue weighted by molar-refractivity contribution is 5.81. The minimum Gasteiger partial charge on any atom is -0.546 e. The number of hydrogen-bond acceptors (Lipinski definition) is 3. The van der Waals surface area contributed by atoms with Crippen molar-refractivity contribution in [2.45, 2.75) is 5.60 Å². The molecular weight excluding hydrogens is 216 g/mol. The van der Waals surface area contributed by atoms with Gasteiger partial charge in [0.1, 0.15) is 0 Å². The lowest BCUT2D eigenvalue weighted by Gasteiger charge is -2.30. The highest BCUT2D eigenvalue weighted by Gasteiger charge is 2.32. The van der Waals surface area contributed by atoms with Crippen molar-refractivity contribution < 1.29 is 15.0 Å². The van der Waals surface area contributed by atoms with Crippen molar-refractivity contribution in [1.29, 1.82) is 0 Å². The Morgan fingerprint density at radius 3 is 1.53 bits per heavy atom. The second-order valence-electron chi connectivity index (χ2n) is 3.73. The van der Waals surface area contributed by atoms with Crippen LogP contribution < -0.4 is 5.11 Å². The molecule has 0 aliphatic heterocycles. The van der Waals surface area contributed by atoms with Gasteiger partial charge < -0.3 is 15.0 Å². The molecule has 0 heterocycles. The summed E-state index contributed by atoms with van der Waals surface area (Å²) in [6.45, 7) is 0. The van der Waals surface area contributed by atoms with Crippen molar-refractivity contribution in [3.8, 4) is 0 Å². The molecule has 0 radical (unpaired) electrons. The molecule has 0 fully saturated rings. The van der Waals surface area contributed by atoms with Crippen molar-refractivity contribution in [2.24, 2.45) is 0 Å². The third kappa shape index (κ3) is 1.92. The summed E-state index contributed by atoms with van der Waals surface area (Å²) in [4.78, 5) is 11.3. The van der Waals surface area contributed by atoms with Crippen LogP contribution in [0, 0.1) is 0 Å². The van der Waals surface area contributed by atoms with E-state index < -0.39 is 11.6 Å². The van der Waals surface area contributed by atoms with E-state index in [1.165, 1.54) is 0 Å². The Hall–Kier alpha value is -2.13. The number of hydrogen-bond donors (Lipinski definition) is 1. The maximum Gasteiger partial charge on any atom is 0.154 e. The molecule has 17 heavy (non-hydrogen) atoms. The van der Waals surface area contributed by atoms with Crippen LogP contribution in [0.4, 0.5) is 0 Å². The first-order chi connectivity index (χ1) is 8.15. The molecule has 0 bridgehead atoms. The second-order valence-corrected chi connectivity index (χ2v) is 3.73. The van der Waals surface area contributed by atoms with Gasteiger partial charge in [-0.15, -0.1) is 0 Å². The molecule has 3 nitrogen and oxygen atoms in total. The minimum absolute atomic E-state index is 0.284. The quantitative estimate of drug-likeness (QED) is 0.838. The lowest BCUT2D eigenvalue weighted by atomic mass is 9.86. The molecule has 2 rings (SSSR count). The van der Waals surface area contributed by atoms with Crippen LogP contribution in [-0.4, -0.2) is 11.1 Å². The smallest absolute Gasteiger partial charge is 0.154 e. The average molecular weight is 227 g/mol. The van der Waals surface area contributed by atoms with Gasteiger partial charge in [-0.2, -0.15) is 0 Å². The number of aliphatic hydroxyl groups is 1. The van der Waals surface area contributed by atoms with Crippen LogP contribution in [0.15, 0.2) is 60.7 Å². The van der Waals surface area contributed by atoms with Crippen LogP contribution in [0.3, 0.4) is 0 Å². The van der Waals surface area contributed by atoms with E-state index in [0.717, 1.165) is 0 Å². The Morgan fingerprint density at radius 2 is 1.24 bits per heavy atom. The Kier molecular flexibility index (Phi) is 2.93. The predicted molar refractivity (Wildman–Crippen MR) is 60.9 cm³/mol. The molecule has 2 aromatic carbocycles. The maximum absolute atomic E-state index is 11.3. The van der Waals surface area contributed by atoms with E-state index in [1.807, 2.05) is 0 Å². The van der Waals surface area contributed by atoms with Gasteiger partial charge in [-0.1, -0.05) is 60.7 Å². The molecule has 0 saturated carbocycles. The summed E-state index contributed by atoms with van der Waals surface area (Å²) >= 11 is 0. The number of aliphatic carboxylic acids is 1. The molecule has 2 aromatic rings. The summed E-state index contributed by atoms with van der Waals surface area (Å²) in [5, 5.41) is 21.6. The molecule has 86 valence electrons. The van der Waals surface area contributed by atoms with E-state index in [0.29, 0.717) is 0 Å². The summed E-state index contributed by atoms with van der Waals surface area (Å²) in [7, 11) is 0. The van der Waals surface area contributed by atoms with Gasteiger partial charge in [-0.3, -0.25) is 0 Å². The monoisotopic (exact) mass is 227 g/mol. The van der Waals surface area contributed by atoms with Gasteiger partial charge in [-0.25, -0.2) is 0 Å². The van der Waals surface area contributed by atoms with Crippen molar-refractivity contribution in [2.75, 3.05) is 0 Å². The van der Waals surface area contributed by atoms with Crippen molar-refractivity contribution in [3.05, 3.63) is 71.8 Å². The zero-order valence-electron chi connectivity index (χ0n) is 9.04. The van der Waals surface area contributed by atoms with Gasteiger partial charge >= 0.3 is 0 Å². The van der Waals surface area contributed by atoms with Crippen LogP contribution in [-0.2, 0) is 10.4 Å². The first-order valence-corrected chi connectivity index (χ1v) is 5.20. The van der Waals surface area contributed by atoms with Crippen LogP contribution in [0.1, 0.15) is 11.1 Å². The number of carbonyl (C=O) groups excluding carboxylic acids is 1. The molecule has 3 heteroatoms. The number of carboxylic acids is 1. The lowest BCUT2D eigenvalue weighted by Crippen LogP contribution is -2.46. The zero-order chi connectivity index (χ0) is 12.3. The molecule has 0 aromatic heterocycles. The van der Waals surface area contributed by atoms with Crippen molar-refractivity contribution in [1.82, 2.24) is 0 Å². The standard InChI is InChI=1S/C14H12O3/c15-13(16)14(17,11-7-3-1-4-8-11)12-9-5-2-6-10-12/h1-10,17H,(H,15,16)/p-1. The summed E-state index contributed by atoms with van der Waals surface area (Å²) in [6, 6.07) is 16.4. The Morgan fingerprint density at radius 1 is 0.882 bits per heavy atom. The molecule has 0 saturated heterocycles. The number of carbonyl (C=O) groups is 1. The summed E-state index contributed by atoms with van der Waals surface area (Å²) < 4.78 is 0. The Balaban J connectivity index is 2.59. The SMILES string of the molecule is O=C([O-])C(O)(c1ccccc1)c1ccccc1. The normalized spacial score (nSPS) is 11.1. The van der Waals surface area contributed by atoms with E-state index in [1.54, 1.807) is 60.7 Å². The highest BCUT2D eigenvalue weighted by atomic mass is 16.4. The third-order valence-electron chi connectivity index (χ3n) is 2.68. The summed E-state index contributed by atoms with van der Waals surface area (Å²) in [6.07, 6.45) is 0. The van der Waals surface area contributed by atoms with Gasteiger partial charge in [0.15, 0.2) is 5.60 Å². The zero-order valence-corrected chi connectivity index (χ0v) is 9.04. The fraction of sp³-hybridized carbons (Fsp3) is 0.0714. The molecule has 0 spiro atoms. The topological polar surface area (TPSA) is 60.4 Å². The predicted octanol–water partition coefficient (Wildman–Crippen LogP) is 0.672. The number of carboxylic acid groups (broad SMARTS) is 1. The highest BCUT2D eigenvalue weighted by Crippen LogP contribution is 2.28. The van der Waals surface area contributed by atoms with Gasteiger partial charge in [0.05, 0.1) is 5.97 Å². The van der Waals surface area contributed by atoms with Gasteiger partial charge in [0, 0.05) is 0 Å².